The van der Waals surface area contributed by atoms with E-state index in [-0.39, 0.29) is 11.8 Å². The van der Waals surface area contributed by atoms with Crippen LogP contribution in [0.15, 0.2) is 39.4 Å². The molecule has 0 N–H and O–H groups in total. The monoisotopic (exact) mass is 448 g/mol. The number of rotatable bonds is 5. The van der Waals surface area contributed by atoms with Gasteiger partial charge in [-0.3, -0.25) is 9.59 Å². The second-order valence-electron chi connectivity index (χ2n) is 6.94. The van der Waals surface area contributed by atoms with Gasteiger partial charge in [-0.25, -0.2) is 0 Å². The van der Waals surface area contributed by atoms with E-state index in [2.05, 4.69) is 15.9 Å². The summed E-state index contributed by atoms with van der Waals surface area (Å²) in [5.41, 5.74) is 1.92. The average Bonchev–Trinajstić information content (AvgIpc) is 2.89. The Morgan fingerprint density at radius 3 is 2.43 bits per heavy atom. The summed E-state index contributed by atoms with van der Waals surface area (Å²) in [7, 11) is 1.64. The predicted molar refractivity (Wildman–Crippen MR) is 110 cm³/mol. The third-order valence-corrected chi connectivity index (χ3v) is 5.40. The van der Waals surface area contributed by atoms with E-state index in [1.165, 1.54) is 0 Å². The summed E-state index contributed by atoms with van der Waals surface area (Å²) in [6.07, 6.45) is 1.92. The van der Waals surface area contributed by atoms with Crippen LogP contribution in [0.3, 0.4) is 0 Å². The molecule has 1 aromatic carbocycles. The van der Waals surface area contributed by atoms with Crippen LogP contribution in [0.5, 0.6) is 5.75 Å². The van der Waals surface area contributed by atoms with Crippen LogP contribution in [0.4, 0.5) is 0 Å². The molecule has 0 unspecified atom stereocenters. The molecular formula is C21H25BrN2O4. The van der Waals surface area contributed by atoms with E-state index in [1.807, 2.05) is 36.1 Å². The zero-order valence-corrected chi connectivity index (χ0v) is 17.8. The van der Waals surface area contributed by atoms with Crippen molar-refractivity contribution < 1.29 is 18.7 Å². The van der Waals surface area contributed by atoms with Crippen molar-refractivity contribution in [1.82, 2.24) is 9.80 Å². The quantitative estimate of drug-likeness (QED) is 0.699. The molecule has 28 heavy (non-hydrogen) atoms. The fraction of sp³-hybridized carbons (Fsp3) is 0.429. The molecule has 7 heteroatoms. The van der Waals surface area contributed by atoms with Gasteiger partial charge in [-0.15, -0.1) is 0 Å². The number of hydrogen-bond acceptors (Lipinski definition) is 4. The van der Waals surface area contributed by atoms with Crippen LogP contribution in [0.25, 0.3) is 0 Å². The molecule has 0 radical (unpaired) electrons. The van der Waals surface area contributed by atoms with Crippen LogP contribution in [0.1, 0.15) is 34.5 Å². The molecular weight excluding hydrogens is 424 g/mol. The Kier molecular flexibility index (Phi) is 6.78. The van der Waals surface area contributed by atoms with Gasteiger partial charge in [0.2, 0.25) is 5.91 Å². The highest BCUT2D eigenvalue weighted by Crippen LogP contribution is 2.22. The molecule has 3 rings (SSSR count). The number of benzene rings is 1. The molecule has 6 nitrogen and oxygen atoms in total. The zero-order valence-electron chi connectivity index (χ0n) is 16.2. The Hall–Kier alpha value is -2.28. The van der Waals surface area contributed by atoms with Crippen LogP contribution in [0.2, 0.25) is 0 Å². The zero-order chi connectivity index (χ0) is 20.1. The van der Waals surface area contributed by atoms with Crippen LogP contribution in [-0.2, 0) is 11.2 Å². The molecule has 0 atom stereocenters. The number of hydrogen-bond donors (Lipinski definition) is 0. The fourth-order valence-electron chi connectivity index (χ4n) is 3.37. The van der Waals surface area contributed by atoms with Gasteiger partial charge in [0.15, 0.2) is 10.4 Å². The van der Waals surface area contributed by atoms with E-state index in [0.29, 0.717) is 49.5 Å². The maximum Gasteiger partial charge on any atom is 0.289 e. The number of amides is 2. The Bertz CT molecular complexity index is 831. The standard InChI is InChI=1S/C21H25BrN2O4/c1-15-14-18(22)28-20(15)21(26)24-11-3-10-23(12-13-24)19(25)9-6-16-4-7-17(27-2)8-5-16/h4-5,7-8,14H,3,6,9-13H2,1-2H3. The Balaban J connectivity index is 1.53. The first-order chi connectivity index (χ1) is 13.5. The number of furan rings is 1. The highest BCUT2D eigenvalue weighted by atomic mass is 79.9. The molecule has 0 spiro atoms. The maximum atomic E-state index is 12.7. The lowest BCUT2D eigenvalue weighted by atomic mass is 10.1. The van der Waals surface area contributed by atoms with Crippen molar-refractivity contribution in [2.75, 3.05) is 33.3 Å². The summed E-state index contributed by atoms with van der Waals surface area (Å²) in [5.74, 6) is 1.19. The summed E-state index contributed by atoms with van der Waals surface area (Å²) in [6, 6.07) is 9.58. The van der Waals surface area contributed by atoms with Crippen molar-refractivity contribution in [2.24, 2.45) is 0 Å². The first kappa shape index (κ1) is 20.5. The minimum atomic E-state index is -0.115. The van der Waals surface area contributed by atoms with Gasteiger partial charge in [0, 0.05) is 38.2 Å². The molecule has 0 saturated carbocycles. The first-order valence-corrected chi connectivity index (χ1v) is 10.2. The van der Waals surface area contributed by atoms with Gasteiger partial charge < -0.3 is 19.0 Å². The summed E-state index contributed by atoms with van der Waals surface area (Å²) >= 11 is 3.27. The molecule has 150 valence electrons. The second-order valence-corrected chi connectivity index (χ2v) is 7.72. The van der Waals surface area contributed by atoms with Crippen molar-refractivity contribution in [3.8, 4) is 5.75 Å². The van der Waals surface area contributed by atoms with Crippen molar-refractivity contribution in [3.05, 3.63) is 51.9 Å². The summed E-state index contributed by atoms with van der Waals surface area (Å²) < 4.78 is 11.2. The second kappa shape index (κ2) is 9.28. The van der Waals surface area contributed by atoms with E-state index in [1.54, 1.807) is 18.1 Å². The molecule has 2 amide bonds. The van der Waals surface area contributed by atoms with E-state index >= 15 is 0 Å². The number of aryl methyl sites for hydroxylation is 2. The molecule has 1 aliphatic rings. The van der Waals surface area contributed by atoms with Gasteiger partial charge in [0.05, 0.1) is 7.11 Å². The third kappa shape index (κ3) is 4.95. The van der Waals surface area contributed by atoms with Gasteiger partial charge in [0.25, 0.3) is 5.91 Å². The number of carbonyl (C=O) groups excluding carboxylic acids is 2. The van der Waals surface area contributed by atoms with Gasteiger partial charge in [-0.2, -0.15) is 0 Å². The predicted octanol–water partition coefficient (Wildman–Crippen LogP) is 3.67. The van der Waals surface area contributed by atoms with Crippen molar-refractivity contribution >= 4 is 27.7 Å². The lowest BCUT2D eigenvalue weighted by Crippen LogP contribution is -2.37. The van der Waals surface area contributed by atoms with Crippen molar-refractivity contribution in [2.45, 2.75) is 26.2 Å². The lowest BCUT2D eigenvalue weighted by Gasteiger charge is -2.22. The van der Waals surface area contributed by atoms with Crippen molar-refractivity contribution in [1.29, 1.82) is 0 Å². The molecule has 1 aliphatic heterocycles. The molecule has 2 aromatic rings. The maximum absolute atomic E-state index is 12.7. The number of carbonyl (C=O) groups is 2. The van der Waals surface area contributed by atoms with Crippen LogP contribution in [0, 0.1) is 6.92 Å². The first-order valence-electron chi connectivity index (χ1n) is 9.44. The van der Waals surface area contributed by atoms with Gasteiger partial charge >= 0.3 is 0 Å². The largest absolute Gasteiger partial charge is 0.497 e. The highest BCUT2D eigenvalue weighted by molar-refractivity contribution is 9.10. The number of methoxy groups -OCH3 is 1. The molecule has 0 aliphatic carbocycles. The molecule has 1 aromatic heterocycles. The minimum Gasteiger partial charge on any atom is -0.497 e. The molecule has 0 bridgehead atoms. The number of ether oxygens (including phenoxy) is 1. The van der Waals surface area contributed by atoms with E-state index < -0.39 is 0 Å². The third-order valence-electron chi connectivity index (χ3n) is 5.00. The number of halogens is 1. The average molecular weight is 449 g/mol. The topological polar surface area (TPSA) is 63.0 Å². The van der Waals surface area contributed by atoms with E-state index in [9.17, 15) is 9.59 Å². The smallest absolute Gasteiger partial charge is 0.289 e. The van der Waals surface area contributed by atoms with Crippen LogP contribution >= 0.6 is 15.9 Å². The van der Waals surface area contributed by atoms with Crippen LogP contribution in [-0.4, -0.2) is 54.9 Å². The molecule has 2 heterocycles. The SMILES string of the molecule is COc1ccc(CCC(=O)N2CCCN(C(=O)c3oc(Br)cc3C)CC2)cc1. The Morgan fingerprint density at radius 1 is 1.11 bits per heavy atom. The summed E-state index contributed by atoms with van der Waals surface area (Å²) in [4.78, 5) is 29.0. The lowest BCUT2D eigenvalue weighted by molar-refractivity contribution is -0.131. The summed E-state index contributed by atoms with van der Waals surface area (Å²) in [5, 5.41) is 0. The van der Waals surface area contributed by atoms with E-state index in [4.69, 9.17) is 9.15 Å². The minimum absolute atomic E-state index is 0.115. The molecule has 1 fully saturated rings. The molecule has 1 saturated heterocycles. The van der Waals surface area contributed by atoms with E-state index in [0.717, 1.165) is 23.3 Å². The van der Waals surface area contributed by atoms with Gasteiger partial charge in [-0.05, 0) is 59.5 Å². The van der Waals surface area contributed by atoms with Gasteiger partial charge in [-0.1, -0.05) is 12.1 Å². The fourth-order valence-corrected chi connectivity index (χ4v) is 3.88. The highest BCUT2D eigenvalue weighted by Gasteiger charge is 2.25. The Labute approximate surface area is 173 Å². The van der Waals surface area contributed by atoms with Crippen LogP contribution < -0.4 is 4.74 Å². The van der Waals surface area contributed by atoms with Gasteiger partial charge in [0.1, 0.15) is 5.75 Å². The Morgan fingerprint density at radius 2 is 1.79 bits per heavy atom. The van der Waals surface area contributed by atoms with Crippen molar-refractivity contribution in [3.63, 3.8) is 0 Å². The number of nitrogens with zero attached hydrogens (tertiary/aromatic N) is 2. The normalized spacial score (nSPS) is 14.7. The summed E-state index contributed by atoms with van der Waals surface area (Å²) in [6.45, 7) is 4.22.